The molecule has 1 aromatic rings. The van der Waals surface area contributed by atoms with Crippen LogP contribution >= 0.6 is 0 Å². The highest BCUT2D eigenvalue weighted by atomic mass is 14.3. The highest BCUT2D eigenvalue weighted by Gasteiger charge is 2.18. The topological polar surface area (TPSA) is 23.8 Å². The van der Waals surface area contributed by atoms with Crippen molar-refractivity contribution in [2.24, 2.45) is 0 Å². The van der Waals surface area contributed by atoms with Crippen molar-refractivity contribution in [1.29, 1.82) is 5.26 Å². The molecule has 0 spiro atoms. The first-order valence-corrected chi connectivity index (χ1v) is 5.86. The maximum absolute atomic E-state index is 9.15. The lowest BCUT2D eigenvalue weighted by atomic mass is 9.82. The zero-order chi connectivity index (χ0) is 11.4. The van der Waals surface area contributed by atoms with E-state index in [0.717, 1.165) is 11.1 Å². The molecular weight excluding hydrogens is 194 g/mol. The van der Waals surface area contributed by atoms with Gasteiger partial charge in [0.05, 0.1) is 11.6 Å². The third-order valence-corrected chi connectivity index (χ3v) is 3.39. The normalized spacial score (nSPS) is 16.4. The van der Waals surface area contributed by atoms with Crippen molar-refractivity contribution >= 4 is 0 Å². The zero-order valence-electron chi connectivity index (χ0n) is 9.37. The lowest BCUT2D eigenvalue weighted by Crippen LogP contribution is -2.06. The van der Waals surface area contributed by atoms with Gasteiger partial charge < -0.3 is 0 Å². The molecule has 0 heterocycles. The molecule has 16 heavy (non-hydrogen) atoms. The van der Waals surface area contributed by atoms with Crippen molar-refractivity contribution in [3.05, 3.63) is 34.9 Å². The Kier molecular flexibility index (Phi) is 3.28. The van der Waals surface area contributed by atoms with Crippen LogP contribution < -0.4 is 0 Å². The van der Waals surface area contributed by atoms with Crippen LogP contribution in [-0.2, 0) is 0 Å². The third kappa shape index (κ3) is 2.10. The molecule has 1 aromatic carbocycles. The van der Waals surface area contributed by atoms with Crippen LogP contribution in [0.2, 0.25) is 0 Å². The van der Waals surface area contributed by atoms with Crippen LogP contribution in [0.3, 0.4) is 0 Å². The summed E-state index contributed by atoms with van der Waals surface area (Å²) in [5.41, 5.74) is 2.76. The summed E-state index contributed by atoms with van der Waals surface area (Å²) in [4.78, 5) is 0. The van der Waals surface area contributed by atoms with E-state index in [1.807, 2.05) is 18.2 Å². The van der Waals surface area contributed by atoms with Crippen LogP contribution in [-0.4, -0.2) is 0 Å². The fraction of sp³-hybridized carbons (Fsp3) is 0.400. The van der Waals surface area contributed by atoms with E-state index in [-0.39, 0.29) is 0 Å². The van der Waals surface area contributed by atoms with E-state index < -0.39 is 0 Å². The van der Waals surface area contributed by atoms with Gasteiger partial charge in [-0.25, -0.2) is 0 Å². The molecule has 80 valence electrons. The Morgan fingerprint density at radius 2 is 1.94 bits per heavy atom. The van der Waals surface area contributed by atoms with Gasteiger partial charge in [-0.2, -0.15) is 5.26 Å². The van der Waals surface area contributed by atoms with Crippen LogP contribution in [0.1, 0.15) is 54.7 Å². The van der Waals surface area contributed by atoms with Crippen LogP contribution in [0.4, 0.5) is 0 Å². The van der Waals surface area contributed by atoms with Gasteiger partial charge in [-0.1, -0.05) is 31.2 Å². The van der Waals surface area contributed by atoms with Crippen molar-refractivity contribution in [2.45, 2.75) is 38.0 Å². The monoisotopic (exact) mass is 209 g/mol. The number of nitrogens with zero attached hydrogens (tertiary/aromatic N) is 1. The highest BCUT2D eigenvalue weighted by molar-refractivity contribution is 5.47. The number of terminal acetylenes is 1. The standard InChI is InChI=1S/C15H15N/c1-2-12-8-9-15(14(10-12)11-16)13-6-4-3-5-7-13/h1,8-10,13H,3-7H2. The molecule has 0 atom stereocenters. The van der Waals surface area contributed by atoms with Gasteiger partial charge in [-0.05, 0) is 36.5 Å². The van der Waals surface area contributed by atoms with Gasteiger partial charge >= 0.3 is 0 Å². The molecule has 1 heteroatoms. The van der Waals surface area contributed by atoms with E-state index in [4.69, 9.17) is 11.7 Å². The van der Waals surface area contributed by atoms with Crippen LogP contribution in [0.15, 0.2) is 18.2 Å². The Bertz CT molecular complexity index is 453. The van der Waals surface area contributed by atoms with E-state index in [1.54, 1.807) is 0 Å². The Morgan fingerprint density at radius 1 is 1.19 bits per heavy atom. The second-order valence-corrected chi connectivity index (χ2v) is 4.39. The fourth-order valence-corrected chi connectivity index (χ4v) is 2.51. The fourth-order valence-electron chi connectivity index (χ4n) is 2.51. The molecule has 1 saturated carbocycles. The Labute approximate surface area is 97.1 Å². The summed E-state index contributed by atoms with van der Waals surface area (Å²) >= 11 is 0. The van der Waals surface area contributed by atoms with Crippen molar-refractivity contribution in [3.8, 4) is 18.4 Å². The Balaban J connectivity index is 2.33. The maximum Gasteiger partial charge on any atom is 0.0995 e. The minimum absolute atomic E-state index is 0.565. The minimum Gasteiger partial charge on any atom is -0.192 e. The molecule has 0 N–H and O–H groups in total. The molecule has 1 fully saturated rings. The van der Waals surface area contributed by atoms with Crippen LogP contribution in [0.5, 0.6) is 0 Å². The van der Waals surface area contributed by atoms with E-state index in [1.165, 1.54) is 37.7 Å². The average Bonchev–Trinajstić information content (AvgIpc) is 2.39. The van der Waals surface area contributed by atoms with Gasteiger partial charge in [0, 0.05) is 5.56 Å². The predicted octanol–water partition coefficient (Wildman–Crippen LogP) is 3.59. The van der Waals surface area contributed by atoms with Gasteiger partial charge in [-0.15, -0.1) is 6.42 Å². The van der Waals surface area contributed by atoms with Gasteiger partial charge in [0.1, 0.15) is 0 Å². The number of hydrogen-bond acceptors (Lipinski definition) is 1. The molecule has 0 bridgehead atoms. The molecule has 0 unspecified atom stereocenters. The number of nitriles is 1. The smallest absolute Gasteiger partial charge is 0.0995 e. The largest absolute Gasteiger partial charge is 0.192 e. The van der Waals surface area contributed by atoms with Crippen LogP contribution in [0.25, 0.3) is 0 Å². The first-order chi connectivity index (χ1) is 7.85. The third-order valence-electron chi connectivity index (χ3n) is 3.39. The molecule has 0 saturated heterocycles. The average molecular weight is 209 g/mol. The Morgan fingerprint density at radius 3 is 2.56 bits per heavy atom. The van der Waals surface area contributed by atoms with E-state index in [9.17, 15) is 0 Å². The highest BCUT2D eigenvalue weighted by Crippen LogP contribution is 2.34. The predicted molar refractivity (Wildman–Crippen MR) is 64.9 cm³/mol. The van der Waals surface area contributed by atoms with Gasteiger partial charge in [0.25, 0.3) is 0 Å². The maximum atomic E-state index is 9.15. The molecule has 1 nitrogen and oxygen atoms in total. The summed E-state index contributed by atoms with van der Waals surface area (Å²) in [6.07, 6.45) is 11.7. The van der Waals surface area contributed by atoms with Gasteiger partial charge in [0.2, 0.25) is 0 Å². The zero-order valence-corrected chi connectivity index (χ0v) is 9.37. The van der Waals surface area contributed by atoms with Gasteiger partial charge in [0.15, 0.2) is 0 Å². The first kappa shape index (κ1) is 10.8. The second kappa shape index (κ2) is 4.86. The number of rotatable bonds is 1. The molecule has 2 rings (SSSR count). The molecule has 1 aliphatic rings. The van der Waals surface area contributed by atoms with Gasteiger partial charge in [-0.3, -0.25) is 0 Å². The summed E-state index contributed by atoms with van der Waals surface area (Å²) in [5.74, 6) is 3.15. The second-order valence-electron chi connectivity index (χ2n) is 4.39. The molecule has 0 aromatic heterocycles. The molecule has 1 aliphatic carbocycles. The molecular formula is C15H15N. The molecule has 0 radical (unpaired) electrons. The minimum atomic E-state index is 0.565. The van der Waals surface area contributed by atoms with E-state index in [2.05, 4.69) is 12.0 Å². The quantitative estimate of drug-likeness (QED) is 0.648. The Hall–Kier alpha value is -1.73. The van der Waals surface area contributed by atoms with E-state index in [0.29, 0.717) is 5.92 Å². The van der Waals surface area contributed by atoms with Crippen molar-refractivity contribution in [1.82, 2.24) is 0 Å². The lowest BCUT2D eigenvalue weighted by molar-refractivity contribution is 0.443. The summed E-state index contributed by atoms with van der Waals surface area (Å²) in [6, 6.07) is 8.10. The summed E-state index contributed by atoms with van der Waals surface area (Å²) in [7, 11) is 0. The van der Waals surface area contributed by atoms with Crippen LogP contribution in [0, 0.1) is 23.7 Å². The number of benzene rings is 1. The summed E-state index contributed by atoms with van der Waals surface area (Å²) in [5, 5.41) is 9.15. The lowest BCUT2D eigenvalue weighted by Gasteiger charge is -2.22. The van der Waals surface area contributed by atoms with E-state index >= 15 is 0 Å². The molecule has 0 amide bonds. The van der Waals surface area contributed by atoms with Crippen molar-refractivity contribution in [3.63, 3.8) is 0 Å². The summed E-state index contributed by atoms with van der Waals surface area (Å²) < 4.78 is 0. The number of hydrogen-bond donors (Lipinski definition) is 0. The first-order valence-electron chi connectivity index (χ1n) is 5.86. The summed E-state index contributed by atoms with van der Waals surface area (Å²) in [6.45, 7) is 0. The molecule has 0 aliphatic heterocycles. The SMILES string of the molecule is C#Cc1ccc(C2CCCCC2)c(C#N)c1. The van der Waals surface area contributed by atoms with Crippen molar-refractivity contribution < 1.29 is 0 Å². The van der Waals surface area contributed by atoms with Crippen molar-refractivity contribution in [2.75, 3.05) is 0 Å².